The Hall–Kier alpha value is -1.66. The van der Waals surface area contributed by atoms with Gasteiger partial charge in [-0.1, -0.05) is 36.3 Å². The summed E-state index contributed by atoms with van der Waals surface area (Å²) >= 11 is 0. The fourth-order valence-corrected chi connectivity index (χ4v) is 0.793. The highest BCUT2D eigenvalue weighted by Gasteiger charge is 1.83. The van der Waals surface area contributed by atoms with Crippen molar-refractivity contribution in [3.8, 4) is 24.2 Å². The van der Waals surface area contributed by atoms with Crippen LogP contribution in [-0.2, 0) is 6.42 Å². The summed E-state index contributed by atoms with van der Waals surface area (Å²) in [6.45, 7) is 0. The lowest BCUT2D eigenvalue weighted by atomic mass is 10.2. The fourth-order valence-electron chi connectivity index (χ4n) is 0.793. The molecule has 0 radical (unpaired) electrons. The van der Waals surface area contributed by atoms with Gasteiger partial charge in [-0.3, -0.25) is 0 Å². The molecule has 0 aliphatic carbocycles. The summed E-state index contributed by atoms with van der Waals surface area (Å²) in [6, 6.07) is 10.0. The van der Waals surface area contributed by atoms with Crippen LogP contribution in [0.1, 0.15) is 5.56 Å². The molecule has 0 fully saturated rings. The Kier molecular flexibility index (Phi) is 2.85. The Bertz CT molecular complexity index is 303. The lowest BCUT2D eigenvalue weighted by Gasteiger charge is -1.89. The van der Waals surface area contributed by atoms with Crippen molar-refractivity contribution >= 4 is 0 Å². The van der Waals surface area contributed by atoms with Crippen molar-refractivity contribution in [1.29, 1.82) is 0 Å². The van der Waals surface area contributed by atoms with Crippen LogP contribution < -0.4 is 0 Å². The van der Waals surface area contributed by atoms with Crippen molar-refractivity contribution in [2.45, 2.75) is 6.42 Å². The molecule has 0 atom stereocenters. The van der Waals surface area contributed by atoms with Crippen LogP contribution in [0.2, 0.25) is 0 Å². The average molecular weight is 140 g/mol. The Morgan fingerprint density at radius 2 is 1.91 bits per heavy atom. The number of hydrogen-bond acceptors (Lipinski definition) is 0. The second-order valence-corrected chi connectivity index (χ2v) is 2.11. The summed E-state index contributed by atoms with van der Waals surface area (Å²) in [5.74, 6) is 7.72. The minimum Gasteiger partial charge on any atom is -0.106 e. The third-order valence-electron chi connectivity index (χ3n) is 1.30. The lowest BCUT2D eigenvalue weighted by Crippen LogP contribution is -1.77. The normalized spacial score (nSPS) is 7.55. The van der Waals surface area contributed by atoms with Crippen LogP contribution in [0.4, 0.5) is 0 Å². The minimum atomic E-state index is 0.741. The van der Waals surface area contributed by atoms with E-state index in [4.69, 9.17) is 6.42 Å². The van der Waals surface area contributed by atoms with Gasteiger partial charge in [0.1, 0.15) is 0 Å². The van der Waals surface area contributed by atoms with Crippen molar-refractivity contribution in [2.24, 2.45) is 0 Å². The summed E-state index contributed by atoms with van der Waals surface area (Å²) in [5.41, 5.74) is 1.20. The van der Waals surface area contributed by atoms with E-state index in [9.17, 15) is 0 Å². The maximum atomic E-state index is 4.97. The van der Waals surface area contributed by atoms with Crippen LogP contribution >= 0.6 is 0 Å². The van der Waals surface area contributed by atoms with Gasteiger partial charge < -0.3 is 0 Å². The van der Waals surface area contributed by atoms with Gasteiger partial charge in [0.2, 0.25) is 0 Å². The molecule has 11 heavy (non-hydrogen) atoms. The lowest BCUT2D eigenvalue weighted by molar-refractivity contribution is 1.32. The summed E-state index contributed by atoms with van der Waals surface area (Å²) in [7, 11) is 0. The van der Waals surface area contributed by atoms with Gasteiger partial charge in [-0.2, -0.15) is 0 Å². The zero-order chi connectivity index (χ0) is 7.94. The summed E-state index contributed by atoms with van der Waals surface area (Å²) in [6.07, 6.45) is 5.71. The molecule has 0 N–H and O–H groups in total. The van der Waals surface area contributed by atoms with E-state index in [1.807, 2.05) is 30.3 Å². The van der Waals surface area contributed by atoms with Crippen LogP contribution in [0.25, 0.3) is 0 Å². The van der Waals surface area contributed by atoms with Gasteiger partial charge in [0, 0.05) is 6.42 Å². The molecular weight excluding hydrogens is 132 g/mol. The molecule has 1 aromatic rings. The van der Waals surface area contributed by atoms with E-state index >= 15 is 0 Å². The summed E-state index contributed by atoms with van der Waals surface area (Å²) < 4.78 is 0. The van der Waals surface area contributed by atoms with Crippen LogP contribution in [-0.4, -0.2) is 0 Å². The van der Waals surface area contributed by atoms with Crippen LogP contribution in [0.3, 0.4) is 0 Å². The van der Waals surface area contributed by atoms with Crippen LogP contribution in [0.5, 0.6) is 0 Å². The fraction of sp³-hybridized carbons (Fsp3) is 0.0909. The predicted molar refractivity (Wildman–Crippen MR) is 46.8 cm³/mol. The Labute approximate surface area is 67.3 Å². The van der Waals surface area contributed by atoms with E-state index in [-0.39, 0.29) is 0 Å². The first-order valence-electron chi connectivity index (χ1n) is 3.41. The molecule has 0 heterocycles. The molecule has 52 valence electrons. The third-order valence-corrected chi connectivity index (χ3v) is 1.30. The Morgan fingerprint density at radius 3 is 2.55 bits per heavy atom. The maximum Gasteiger partial charge on any atom is 0.0350 e. The molecule has 0 saturated heterocycles. The standard InChI is InChI=1S/C11H8/c1-2-3-5-8-11-9-6-4-7-10-11/h1,4,6-7,9-10H,8H2. The van der Waals surface area contributed by atoms with Crippen molar-refractivity contribution in [3.63, 3.8) is 0 Å². The molecule has 0 spiro atoms. The second kappa shape index (κ2) is 4.20. The summed E-state index contributed by atoms with van der Waals surface area (Å²) in [4.78, 5) is 0. The maximum absolute atomic E-state index is 4.97. The molecule has 0 heteroatoms. The largest absolute Gasteiger partial charge is 0.106 e. The molecule has 0 nitrogen and oxygen atoms in total. The molecule has 1 aromatic carbocycles. The first-order valence-corrected chi connectivity index (χ1v) is 3.41. The predicted octanol–water partition coefficient (Wildman–Crippen LogP) is 1.87. The zero-order valence-electron chi connectivity index (χ0n) is 6.17. The second-order valence-electron chi connectivity index (χ2n) is 2.11. The molecule has 0 unspecified atom stereocenters. The number of hydrogen-bond donors (Lipinski definition) is 0. The van der Waals surface area contributed by atoms with Gasteiger partial charge in [0.25, 0.3) is 0 Å². The van der Waals surface area contributed by atoms with Gasteiger partial charge in [-0.25, -0.2) is 0 Å². The number of rotatable bonds is 1. The molecule has 1 rings (SSSR count). The van der Waals surface area contributed by atoms with E-state index in [2.05, 4.69) is 17.8 Å². The van der Waals surface area contributed by atoms with E-state index in [1.54, 1.807) is 0 Å². The Balaban J connectivity index is 2.60. The van der Waals surface area contributed by atoms with E-state index in [0.29, 0.717) is 0 Å². The smallest absolute Gasteiger partial charge is 0.0350 e. The van der Waals surface area contributed by atoms with Gasteiger partial charge in [-0.15, -0.1) is 6.42 Å². The quantitative estimate of drug-likeness (QED) is 0.522. The average Bonchev–Trinajstić information content (AvgIpc) is 2.07. The van der Waals surface area contributed by atoms with Gasteiger partial charge in [0.15, 0.2) is 0 Å². The van der Waals surface area contributed by atoms with Crippen molar-refractivity contribution in [3.05, 3.63) is 35.9 Å². The van der Waals surface area contributed by atoms with Crippen LogP contribution in [0, 0.1) is 24.2 Å². The highest BCUT2D eigenvalue weighted by atomic mass is 13.9. The first-order chi connectivity index (χ1) is 5.43. The van der Waals surface area contributed by atoms with Crippen molar-refractivity contribution < 1.29 is 0 Å². The van der Waals surface area contributed by atoms with Gasteiger partial charge in [0.05, 0.1) is 0 Å². The third kappa shape index (κ3) is 2.61. The van der Waals surface area contributed by atoms with E-state index in [1.165, 1.54) is 5.56 Å². The van der Waals surface area contributed by atoms with Gasteiger partial charge >= 0.3 is 0 Å². The SMILES string of the molecule is C#CC#CCc1ccccc1. The minimum absolute atomic E-state index is 0.741. The van der Waals surface area contributed by atoms with Gasteiger partial charge in [-0.05, 0) is 17.4 Å². The zero-order valence-corrected chi connectivity index (χ0v) is 6.17. The Morgan fingerprint density at radius 1 is 1.18 bits per heavy atom. The molecule has 0 aromatic heterocycles. The molecule has 0 aliphatic heterocycles. The van der Waals surface area contributed by atoms with Crippen molar-refractivity contribution in [2.75, 3.05) is 0 Å². The van der Waals surface area contributed by atoms with E-state index in [0.717, 1.165) is 6.42 Å². The highest BCUT2D eigenvalue weighted by Crippen LogP contribution is 1.97. The number of terminal acetylenes is 1. The summed E-state index contributed by atoms with van der Waals surface area (Å²) in [5, 5.41) is 0. The molecule has 0 aliphatic rings. The monoisotopic (exact) mass is 140 g/mol. The van der Waals surface area contributed by atoms with E-state index < -0.39 is 0 Å². The molecule has 0 amide bonds. The van der Waals surface area contributed by atoms with Crippen LogP contribution in [0.15, 0.2) is 30.3 Å². The topological polar surface area (TPSA) is 0 Å². The van der Waals surface area contributed by atoms with Crippen molar-refractivity contribution in [1.82, 2.24) is 0 Å². The molecule has 0 bridgehead atoms. The molecule has 0 saturated carbocycles. The number of benzene rings is 1. The highest BCUT2D eigenvalue weighted by molar-refractivity contribution is 5.26. The molecular formula is C11H8. The first kappa shape index (κ1) is 7.45.